The smallest absolute Gasteiger partial charge is 0.271 e. The molecule has 0 heterocycles. The van der Waals surface area contributed by atoms with Gasteiger partial charge in [-0.15, -0.1) is 0 Å². The summed E-state index contributed by atoms with van der Waals surface area (Å²) in [6.07, 6.45) is 1.10. The molecule has 0 fully saturated rings. The Labute approximate surface area is 187 Å². The minimum atomic E-state index is -3.94. The van der Waals surface area contributed by atoms with Gasteiger partial charge in [0.05, 0.1) is 37.1 Å². The lowest BCUT2D eigenvalue weighted by atomic mass is 10.1. The molecule has 174 valence electrons. The fourth-order valence-electron chi connectivity index (χ4n) is 3.37. The number of benzene rings is 2. The van der Waals surface area contributed by atoms with Gasteiger partial charge in [-0.25, -0.2) is 8.42 Å². The molecule has 0 saturated carbocycles. The first-order valence-corrected chi connectivity index (χ1v) is 11.6. The second-order valence-electron chi connectivity index (χ2n) is 7.10. The molecule has 2 aromatic carbocycles. The number of non-ortho nitro benzene ring substituents is 1. The molecule has 0 aliphatic rings. The average Bonchev–Trinajstić information content (AvgIpc) is 2.75. The summed E-state index contributed by atoms with van der Waals surface area (Å²) >= 11 is 0. The molecular formula is C21H27N3O7S. The van der Waals surface area contributed by atoms with Gasteiger partial charge in [-0.3, -0.25) is 19.2 Å². The molecule has 32 heavy (non-hydrogen) atoms. The SMILES string of the molecule is CC[C@@H](C(=O)N[C@@H](C)c1cc(OC)ccc1OC)N(c1cccc([N+](=O)[O-])c1)S(C)(=O)=O. The number of rotatable bonds is 10. The number of nitrogens with zero attached hydrogens (tertiary/aromatic N) is 2. The third-order valence-electron chi connectivity index (χ3n) is 4.89. The van der Waals surface area contributed by atoms with Gasteiger partial charge in [-0.05, 0) is 37.6 Å². The summed E-state index contributed by atoms with van der Waals surface area (Å²) in [5, 5.41) is 14.0. The Kier molecular flexibility index (Phi) is 8.03. The van der Waals surface area contributed by atoms with Crippen LogP contribution < -0.4 is 19.1 Å². The lowest BCUT2D eigenvalue weighted by molar-refractivity contribution is -0.384. The van der Waals surface area contributed by atoms with Crippen LogP contribution in [0, 0.1) is 10.1 Å². The number of sulfonamides is 1. The number of nitro groups is 1. The zero-order chi connectivity index (χ0) is 24.1. The van der Waals surface area contributed by atoms with E-state index in [9.17, 15) is 23.3 Å². The minimum absolute atomic E-state index is 0.0373. The quantitative estimate of drug-likeness (QED) is 0.422. The predicted octanol–water partition coefficient (Wildman–Crippen LogP) is 3.03. The Morgan fingerprint density at radius 3 is 2.41 bits per heavy atom. The number of ether oxygens (including phenoxy) is 2. The summed E-state index contributed by atoms with van der Waals surface area (Å²) in [7, 11) is -0.914. The van der Waals surface area contributed by atoms with Crippen LogP contribution in [0.4, 0.5) is 11.4 Å². The maximum atomic E-state index is 13.2. The molecule has 0 saturated heterocycles. The molecule has 0 aromatic heterocycles. The molecule has 2 atom stereocenters. The Hall–Kier alpha value is -3.34. The van der Waals surface area contributed by atoms with Crippen LogP contribution >= 0.6 is 0 Å². The van der Waals surface area contributed by atoms with Crippen molar-refractivity contribution in [2.75, 3.05) is 24.8 Å². The van der Waals surface area contributed by atoms with Crippen LogP contribution in [0.5, 0.6) is 11.5 Å². The fraction of sp³-hybridized carbons (Fsp3) is 0.381. The van der Waals surface area contributed by atoms with Crippen molar-refractivity contribution in [2.24, 2.45) is 0 Å². The summed E-state index contributed by atoms with van der Waals surface area (Å²) in [6, 6.07) is 8.67. The van der Waals surface area contributed by atoms with Gasteiger partial charge >= 0.3 is 0 Å². The van der Waals surface area contributed by atoms with Gasteiger partial charge in [-0.2, -0.15) is 0 Å². The zero-order valence-electron chi connectivity index (χ0n) is 18.6. The Morgan fingerprint density at radius 2 is 1.88 bits per heavy atom. The molecule has 0 bridgehead atoms. The second-order valence-corrected chi connectivity index (χ2v) is 8.96. The van der Waals surface area contributed by atoms with Crippen molar-refractivity contribution in [3.63, 3.8) is 0 Å². The van der Waals surface area contributed by atoms with E-state index in [0.29, 0.717) is 17.1 Å². The molecule has 2 rings (SSSR count). The first kappa shape index (κ1) is 24.9. The van der Waals surface area contributed by atoms with E-state index >= 15 is 0 Å². The van der Waals surface area contributed by atoms with Crippen LogP contribution in [0.15, 0.2) is 42.5 Å². The highest BCUT2D eigenvalue weighted by atomic mass is 32.2. The molecular weight excluding hydrogens is 438 g/mol. The monoisotopic (exact) mass is 465 g/mol. The number of nitro benzene ring substituents is 1. The molecule has 1 N–H and O–H groups in total. The molecule has 1 amide bonds. The normalized spacial score (nSPS) is 13.0. The number of nitrogens with one attached hydrogen (secondary N) is 1. The van der Waals surface area contributed by atoms with Crippen molar-refractivity contribution in [2.45, 2.75) is 32.4 Å². The molecule has 0 aliphatic heterocycles. The highest BCUT2D eigenvalue weighted by Crippen LogP contribution is 2.30. The molecule has 10 nitrogen and oxygen atoms in total. The third kappa shape index (κ3) is 5.67. The number of carbonyl (C=O) groups excluding carboxylic acids is 1. The van der Waals surface area contributed by atoms with Crippen LogP contribution in [0.25, 0.3) is 0 Å². The van der Waals surface area contributed by atoms with E-state index in [1.807, 2.05) is 0 Å². The second kappa shape index (κ2) is 10.3. The van der Waals surface area contributed by atoms with Crippen molar-refractivity contribution >= 4 is 27.3 Å². The van der Waals surface area contributed by atoms with Crippen LogP contribution in [-0.2, 0) is 14.8 Å². The number of methoxy groups -OCH3 is 2. The van der Waals surface area contributed by atoms with Crippen LogP contribution in [-0.4, -0.2) is 45.8 Å². The Bertz CT molecular complexity index is 1090. The van der Waals surface area contributed by atoms with Gasteiger partial charge in [0.1, 0.15) is 17.5 Å². The summed E-state index contributed by atoms with van der Waals surface area (Å²) in [5.41, 5.74) is 0.410. The van der Waals surface area contributed by atoms with Crippen LogP contribution in [0.2, 0.25) is 0 Å². The molecule has 0 unspecified atom stereocenters. The number of hydrogen-bond donors (Lipinski definition) is 1. The Balaban J connectivity index is 2.41. The lowest BCUT2D eigenvalue weighted by Crippen LogP contribution is -2.49. The van der Waals surface area contributed by atoms with Crippen molar-refractivity contribution < 1.29 is 27.6 Å². The number of amides is 1. The van der Waals surface area contributed by atoms with E-state index in [4.69, 9.17) is 9.47 Å². The summed E-state index contributed by atoms with van der Waals surface area (Å²) in [4.78, 5) is 23.7. The number of hydrogen-bond acceptors (Lipinski definition) is 7. The first-order chi connectivity index (χ1) is 15.0. The van der Waals surface area contributed by atoms with Gasteiger partial charge < -0.3 is 14.8 Å². The van der Waals surface area contributed by atoms with Gasteiger partial charge in [0.15, 0.2) is 0 Å². The first-order valence-electron chi connectivity index (χ1n) is 9.79. The molecule has 11 heteroatoms. The summed E-state index contributed by atoms with van der Waals surface area (Å²) < 4.78 is 36.7. The largest absolute Gasteiger partial charge is 0.497 e. The summed E-state index contributed by atoms with van der Waals surface area (Å²) in [5.74, 6) is 0.551. The van der Waals surface area contributed by atoms with Crippen molar-refractivity contribution in [3.05, 3.63) is 58.1 Å². The summed E-state index contributed by atoms with van der Waals surface area (Å²) in [6.45, 7) is 3.40. The molecule has 0 radical (unpaired) electrons. The van der Waals surface area contributed by atoms with E-state index < -0.39 is 32.9 Å². The Morgan fingerprint density at radius 1 is 1.19 bits per heavy atom. The third-order valence-corrected chi connectivity index (χ3v) is 6.07. The lowest BCUT2D eigenvalue weighted by Gasteiger charge is -2.31. The van der Waals surface area contributed by atoms with Crippen LogP contribution in [0.3, 0.4) is 0 Å². The molecule has 0 spiro atoms. The van der Waals surface area contributed by atoms with E-state index in [1.54, 1.807) is 32.0 Å². The van der Waals surface area contributed by atoms with E-state index in [0.717, 1.165) is 16.6 Å². The van der Waals surface area contributed by atoms with Crippen LogP contribution in [0.1, 0.15) is 31.9 Å². The highest BCUT2D eigenvalue weighted by molar-refractivity contribution is 7.92. The van der Waals surface area contributed by atoms with E-state index in [2.05, 4.69) is 5.32 Å². The number of carbonyl (C=O) groups is 1. The van der Waals surface area contributed by atoms with Crippen molar-refractivity contribution in [1.29, 1.82) is 0 Å². The standard InChI is InChI=1S/C21H27N3O7S/c1-6-19(23(32(5,28)29)15-8-7-9-16(12-15)24(26)27)21(25)22-14(2)18-13-17(30-3)10-11-20(18)31-4/h7-14,19H,6H2,1-5H3,(H,22,25)/t14-,19-/m0/s1. The molecule has 0 aliphatic carbocycles. The van der Waals surface area contributed by atoms with Gasteiger partial charge in [0.2, 0.25) is 15.9 Å². The highest BCUT2D eigenvalue weighted by Gasteiger charge is 2.33. The predicted molar refractivity (Wildman–Crippen MR) is 121 cm³/mol. The van der Waals surface area contributed by atoms with E-state index in [-0.39, 0.29) is 17.8 Å². The average molecular weight is 466 g/mol. The van der Waals surface area contributed by atoms with Gasteiger partial charge in [0.25, 0.3) is 5.69 Å². The maximum Gasteiger partial charge on any atom is 0.271 e. The van der Waals surface area contributed by atoms with Crippen molar-refractivity contribution in [3.8, 4) is 11.5 Å². The van der Waals surface area contributed by atoms with E-state index in [1.165, 1.54) is 32.4 Å². The minimum Gasteiger partial charge on any atom is -0.497 e. The van der Waals surface area contributed by atoms with Gasteiger partial charge in [-0.1, -0.05) is 13.0 Å². The fourth-order valence-corrected chi connectivity index (χ4v) is 4.57. The molecule has 2 aromatic rings. The zero-order valence-corrected chi connectivity index (χ0v) is 19.4. The maximum absolute atomic E-state index is 13.2. The van der Waals surface area contributed by atoms with Gasteiger partial charge in [0, 0.05) is 17.7 Å². The topological polar surface area (TPSA) is 128 Å². The number of anilines is 1. The van der Waals surface area contributed by atoms with Crippen molar-refractivity contribution in [1.82, 2.24) is 5.32 Å².